The van der Waals surface area contributed by atoms with E-state index >= 15 is 0 Å². The maximum absolute atomic E-state index is 12.9. The standard InChI is InChI=1S/C16H20FNO2/c1-16(2,19-3)11-18-10-14-8-9-15(20-14)12-4-6-13(17)7-5-12/h4-9,18H,10-11H2,1-3H3. The van der Waals surface area contributed by atoms with Crippen LogP contribution in [0.5, 0.6) is 0 Å². The Hall–Kier alpha value is -1.65. The molecule has 0 saturated heterocycles. The van der Waals surface area contributed by atoms with Gasteiger partial charge in [0.15, 0.2) is 0 Å². The van der Waals surface area contributed by atoms with Crippen LogP contribution in [0.2, 0.25) is 0 Å². The summed E-state index contributed by atoms with van der Waals surface area (Å²) >= 11 is 0. The molecule has 0 aliphatic carbocycles. The lowest BCUT2D eigenvalue weighted by Gasteiger charge is -2.22. The molecule has 108 valence electrons. The van der Waals surface area contributed by atoms with Gasteiger partial charge in [0, 0.05) is 19.2 Å². The molecule has 1 N–H and O–H groups in total. The van der Waals surface area contributed by atoms with Crippen molar-refractivity contribution < 1.29 is 13.5 Å². The number of benzene rings is 1. The van der Waals surface area contributed by atoms with Crippen molar-refractivity contribution in [3.8, 4) is 11.3 Å². The lowest BCUT2D eigenvalue weighted by Crippen LogP contribution is -2.36. The van der Waals surface area contributed by atoms with Gasteiger partial charge >= 0.3 is 0 Å². The first kappa shape index (κ1) is 14.8. The van der Waals surface area contributed by atoms with E-state index in [0.717, 1.165) is 23.6 Å². The largest absolute Gasteiger partial charge is 0.460 e. The van der Waals surface area contributed by atoms with E-state index in [1.54, 1.807) is 19.2 Å². The highest BCUT2D eigenvalue weighted by atomic mass is 19.1. The minimum Gasteiger partial charge on any atom is -0.460 e. The maximum atomic E-state index is 12.9. The molecule has 0 aliphatic rings. The molecule has 0 spiro atoms. The van der Waals surface area contributed by atoms with Crippen LogP contribution < -0.4 is 5.32 Å². The highest BCUT2D eigenvalue weighted by Gasteiger charge is 2.15. The van der Waals surface area contributed by atoms with Gasteiger partial charge in [0.1, 0.15) is 17.3 Å². The second-order valence-electron chi connectivity index (χ2n) is 5.34. The van der Waals surface area contributed by atoms with Crippen LogP contribution in [0.1, 0.15) is 19.6 Å². The van der Waals surface area contributed by atoms with Gasteiger partial charge in [-0.25, -0.2) is 4.39 Å². The van der Waals surface area contributed by atoms with Crippen LogP contribution in [0, 0.1) is 5.82 Å². The van der Waals surface area contributed by atoms with E-state index in [9.17, 15) is 4.39 Å². The van der Waals surface area contributed by atoms with Crippen molar-refractivity contribution in [2.75, 3.05) is 13.7 Å². The van der Waals surface area contributed by atoms with Crippen LogP contribution >= 0.6 is 0 Å². The average molecular weight is 277 g/mol. The first-order valence-electron chi connectivity index (χ1n) is 6.61. The van der Waals surface area contributed by atoms with E-state index in [2.05, 4.69) is 5.32 Å². The van der Waals surface area contributed by atoms with Crippen molar-refractivity contribution in [3.63, 3.8) is 0 Å². The van der Waals surface area contributed by atoms with Crippen molar-refractivity contribution in [1.29, 1.82) is 0 Å². The van der Waals surface area contributed by atoms with Crippen molar-refractivity contribution in [2.45, 2.75) is 26.0 Å². The van der Waals surface area contributed by atoms with Gasteiger partial charge in [-0.05, 0) is 50.2 Å². The van der Waals surface area contributed by atoms with E-state index in [1.165, 1.54) is 12.1 Å². The number of ether oxygens (including phenoxy) is 1. The molecule has 3 nitrogen and oxygen atoms in total. The summed E-state index contributed by atoms with van der Waals surface area (Å²) < 4.78 is 23.9. The Kier molecular flexibility index (Phi) is 4.57. The summed E-state index contributed by atoms with van der Waals surface area (Å²) in [5.74, 6) is 1.34. The Labute approximate surface area is 118 Å². The Morgan fingerprint density at radius 1 is 1.15 bits per heavy atom. The molecule has 2 aromatic rings. The highest BCUT2D eigenvalue weighted by molar-refractivity contribution is 5.57. The van der Waals surface area contributed by atoms with Gasteiger partial charge in [-0.2, -0.15) is 0 Å². The molecular weight excluding hydrogens is 257 g/mol. The molecule has 0 aliphatic heterocycles. The van der Waals surface area contributed by atoms with Gasteiger partial charge in [0.2, 0.25) is 0 Å². The Morgan fingerprint density at radius 3 is 2.50 bits per heavy atom. The highest BCUT2D eigenvalue weighted by Crippen LogP contribution is 2.22. The van der Waals surface area contributed by atoms with E-state index < -0.39 is 0 Å². The maximum Gasteiger partial charge on any atom is 0.134 e. The Balaban J connectivity index is 1.94. The first-order chi connectivity index (χ1) is 9.50. The fraction of sp³-hybridized carbons (Fsp3) is 0.375. The molecule has 0 bridgehead atoms. The zero-order valence-corrected chi connectivity index (χ0v) is 12.1. The van der Waals surface area contributed by atoms with E-state index in [4.69, 9.17) is 9.15 Å². The number of hydrogen-bond donors (Lipinski definition) is 1. The van der Waals surface area contributed by atoms with E-state index in [1.807, 2.05) is 26.0 Å². The number of rotatable bonds is 6. The molecule has 0 saturated carbocycles. The van der Waals surface area contributed by atoms with Crippen LogP contribution in [-0.4, -0.2) is 19.3 Å². The van der Waals surface area contributed by atoms with Crippen LogP contribution in [0.3, 0.4) is 0 Å². The van der Waals surface area contributed by atoms with E-state index in [-0.39, 0.29) is 11.4 Å². The predicted molar refractivity (Wildman–Crippen MR) is 76.9 cm³/mol. The van der Waals surface area contributed by atoms with Gasteiger partial charge in [0.25, 0.3) is 0 Å². The Morgan fingerprint density at radius 2 is 1.85 bits per heavy atom. The minimum atomic E-state index is -0.246. The van der Waals surface area contributed by atoms with Crippen molar-refractivity contribution in [1.82, 2.24) is 5.32 Å². The number of nitrogens with one attached hydrogen (secondary N) is 1. The third-order valence-corrected chi connectivity index (χ3v) is 3.19. The van der Waals surface area contributed by atoms with Crippen LogP contribution in [-0.2, 0) is 11.3 Å². The molecule has 0 fully saturated rings. The topological polar surface area (TPSA) is 34.4 Å². The SMILES string of the molecule is COC(C)(C)CNCc1ccc(-c2ccc(F)cc2)o1. The molecule has 1 aromatic carbocycles. The molecule has 1 aromatic heterocycles. The van der Waals surface area contributed by atoms with Crippen LogP contribution in [0.25, 0.3) is 11.3 Å². The summed E-state index contributed by atoms with van der Waals surface area (Å²) in [7, 11) is 1.70. The molecule has 20 heavy (non-hydrogen) atoms. The smallest absolute Gasteiger partial charge is 0.134 e. The quantitative estimate of drug-likeness (QED) is 0.876. The van der Waals surface area contributed by atoms with Crippen molar-refractivity contribution >= 4 is 0 Å². The zero-order valence-electron chi connectivity index (χ0n) is 12.1. The average Bonchev–Trinajstić information content (AvgIpc) is 2.88. The summed E-state index contributed by atoms with van der Waals surface area (Å²) in [4.78, 5) is 0. The molecule has 0 amide bonds. The lowest BCUT2D eigenvalue weighted by molar-refractivity contribution is 0.0228. The molecule has 0 unspecified atom stereocenters. The van der Waals surface area contributed by atoms with Gasteiger partial charge in [-0.15, -0.1) is 0 Å². The minimum absolute atomic E-state index is 0.202. The van der Waals surface area contributed by atoms with Crippen molar-refractivity contribution in [3.05, 3.63) is 48.0 Å². The molecule has 4 heteroatoms. The number of furan rings is 1. The number of hydrogen-bond acceptors (Lipinski definition) is 3. The summed E-state index contributed by atoms with van der Waals surface area (Å²) in [6.07, 6.45) is 0. The molecule has 0 atom stereocenters. The molecule has 2 rings (SSSR count). The fourth-order valence-electron chi connectivity index (χ4n) is 1.80. The second-order valence-corrected chi connectivity index (χ2v) is 5.34. The van der Waals surface area contributed by atoms with Gasteiger partial charge in [-0.3, -0.25) is 0 Å². The van der Waals surface area contributed by atoms with Gasteiger partial charge in [-0.1, -0.05) is 0 Å². The fourth-order valence-corrected chi connectivity index (χ4v) is 1.80. The number of methoxy groups -OCH3 is 1. The first-order valence-corrected chi connectivity index (χ1v) is 6.61. The predicted octanol–water partition coefficient (Wildman–Crippen LogP) is 3.60. The van der Waals surface area contributed by atoms with Crippen LogP contribution in [0.4, 0.5) is 4.39 Å². The summed E-state index contributed by atoms with van der Waals surface area (Å²) in [5, 5.41) is 3.29. The second kappa shape index (κ2) is 6.20. The molecule has 0 radical (unpaired) electrons. The Bertz CT molecular complexity index is 546. The lowest BCUT2D eigenvalue weighted by atomic mass is 10.1. The van der Waals surface area contributed by atoms with Crippen LogP contribution in [0.15, 0.2) is 40.8 Å². The zero-order chi connectivity index (χ0) is 14.6. The molecule has 1 heterocycles. The third-order valence-electron chi connectivity index (χ3n) is 3.19. The summed E-state index contributed by atoms with van der Waals surface area (Å²) in [6, 6.07) is 10.1. The van der Waals surface area contributed by atoms with Gasteiger partial charge < -0.3 is 14.5 Å². The third kappa shape index (κ3) is 3.92. The summed E-state index contributed by atoms with van der Waals surface area (Å²) in [6.45, 7) is 5.40. The summed E-state index contributed by atoms with van der Waals surface area (Å²) in [5.41, 5.74) is 0.668. The van der Waals surface area contributed by atoms with Crippen molar-refractivity contribution in [2.24, 2.45) is 0 Å². The number of halogens is 1. The van der Waals surface area contributed by atoms with Gasteiger partial charge in [0.05, 0.1) is 12.1 Å². The monoisotopic (exact) mass is 277 g/mol. The molecular formula is C16H20FNO2. The normalized spacial score (nSPS) is 11.8. The van der Waals surface area contributed by atoms with E-state index in [0.29, 0.717) is 6.54 Å².